The summed E-state index contributed by atoms with van der Waals surface area (Å²) in [6, 6.07) is 18.8. The number of carbonyl (C=O) groups excluding carboxylic acids is 1. The molecule has 1 atom stereocenters. The van der Waals surface area contributed by atoms with E-state index in [4.69, 9.17) is 0 Å². The van der Waals surface area contributed by atoms with Gasteiger partial charge in [0.25, 0.3) is 0 Å². The zero-order chi connectivity index (χ0) is 18.5. The normalized spacial score (nSPS) is 14.9. The van der Waals surface area contributed by atoms with Crippen molar-refractivity contribution in [2.24, 2.45) is 0 Å². The summed E-state index contributed by atoms with van der Waals surface area (Å²) >= 11 is 0. The molecule has 1 aliphatic carbocycles. The summed E-state index contributed by atoms with van der Waals surface area (Å²) < 4.78 is 0. The first-order valence-electron chi connectivity index (χ1n) is 9.44. The zero-order valence-corrected chi connectivity index (χ0v) is 16.0. The molecule has 26 heavy (non-hydrogen) atoms. The Morgan fingerprint density at radius 2 is 1.73 bits per heavy atom. The van der Waals surface area contributed by atoms with Crippen molar-refractivity contribution in [3.63, 3.8) is 0 Å². The molecule has 0 heterocycles. The molecule has 2 aromatic rings. The van der Waals surface area contributed by atoms with E-state index in [0.717, 1.165) is 31.5 Å². The molecule has 0 unspecified atom stereocenters. The van der Waals surface area contributed by atoms with E-state index in [2.05, 4.69) is 58.4 Å². The molecule has 0 saturated heterocycles. The Morgan fingerprint density at radius 1 is 1.08 bits per heavy atom. The highest BCUT2D eigenvalue weighted by Crippen LogP contribution is 2.26. The van der Waals surface area contributed by atoms with E-state index in [0.29, 0.717) is 6.04 Å². The minimum atomic E-state index is -0.254. The van der Waals surface area contributed by atoms with Gasteiger partial charge in [-0.3, -0.25) is 9.69 Å². The van der Waals surface area contributed by atoms with Crippen LogP contribution in [-0.4, -0.2) is 37.5 Å². The van der Waals surface area contributed by atoms with E-state index in [-0.39, 0.29) is 11.9 Å². The molecule has 1 amide bonds. The zero-order valence-electron chi connectivity index (χ0n) is 16.0. The summed E-state index contributed by atoms with van der Waals surface area (Å²) in [7, 11) is 4.09. The van der Waals surface area contributed by atoms with Crippen molar-refractivity contribution < 1.29 is 4.79 Å². The van der Waals surface area contributed by atoms with Gasteiger partial charge in [0.05, 0.1) is 0 Å². The average Bonchev–Trinajstić information content (AvgIpc) is 3.46. The molecule has 4 nitrogen and oxygen atoms in total. The Kier molecular flexibility index (Phi) is 5.94. The van der Waals surface area contributed by atoms with Crippen LogP contribution in [0.1, 0.15) is 36.9 Å². The van der Waals surface area contributed by atoms with Crippen LogP contribution in [0.4, 0.5) is 5.69 Å². The second kappa shape index (κ2) is 8.37. The Morgan fingerprint density at radius 3 is 2.27 bits per heavy atom. The van der Waals surface area contributed by atoms with Crippen molar-refractivity contribution in [1.82, 2.24) is 10.2 Å². The third kappa shape index (κ3) is 4.64. The fourth-order valence-electron chi connectivity index (χ4n) is 3.19. The number of hydrogen-bond donors (Lipinski definition) is 1. The number of hydrogen-bond acceptors (Lipinski definition) is 3. The fourth-order valence-corrected chi connectivity index (χ4v) is 3.19. The van der Waals surface area contributed by atoms with Crippen molar-refractivity contribution in [3.8, 4) is 0 Å². The molecule has 1 fully saturated rings. The van der Waals surface area contributed by atoms with Gasteiger partial charge in [0.2, 0.25) is 5.91 Å². The lowest BCUT2D eigenvalue weighted by atomic mass is 10.0. The summed E-state index contributed by atoms with van der Waals surface area (Å²) in [6.45, 7) is 3.68. The molecule has 1 saturated carbocycles. The van der Waals surface area contributed by atoms with Gasteiger partial charge in [-0.1, -0.05) is 49.4 Å². The van der Waals surface area contributed by atoms with Crippen molar-refractivity contribution in [3.05, 3.63) is 65.7 Å². The standard InChI is InChI=1S/C22H29N3O/c1-4-25(16-17-10-14-20(15-11-17)24(2)3)21(18-8-6-5-7-9-18)22(26)23-19-12-13-19/h5-11,14-15,19,21H,4,12-13,16H2,1-3H3,(H,23,26)/t21-/m1/s1. The van der Waals surface area contributed by atoms with Crippen LogP contribution in [0.3, 0.4) is 0 Å². The number of nitrogens with one attached hydrogen (secondary N) is 1. The second-order valence-corrected chi connectivity index (χ2v) is 7.22. The Balaban J connectivity index is 1.81. The van der Waals surface area contributed by atoms with Crippen LogP contribution in [0.15, 0.2) is 54.6 Å². The fraction of sp³-hybridized carbons (Fsp3) is 0.409. The lowest BCUT2D eigenvalue weighted by molar-refractivity contribution is -0.127. The molecule has 1 aliphatic rings. The average molecular weight is 351 g/mol. The van der Waals surface area contributed by atoms with Gasteiger partial charge in [-0.25, -0.2) is 0 Å². The van der Waals surface area contributed by atoms with E-state index in [1.807, 2.05) is 32.3 Å². The largest absolute Gasteiger partial charge is 0.378 e. The number of rotatable bonds is 8. The van der Waals surface area contributed by atoms with Crippen molar-refractivity contribution in [2.75, 3.05) is 25.5 Å². The lowest BCUT2D eigenvalue weighted by Gasteiger charge is -2.30. The van der Waals surface area contributed by atoms with E-state index in [9.17, 15) is 4.79 Å². The molecule has 0 radical (unpaired) electrons. The van der Waals surface area contributed by atoms with Crippen LogP contribution in [0.25, 0.3) is 0 Å². The number of likely N-dealkylation sites (N-methyl/N-ethyl adjacent to an activating group) is 1. The van der Waals surface area contributed by atoms with Gasteiger partial charge in [0.15, 0.2) is 0 Å². The molecular weight excluding hydrogens is 322 g/mol. The van der Waals surface area contributed by atoms with Crippen LogP contribution < -0.4 is 10.2 Å². The predicted octanol–water partition coefficient (Wildman–Crippen LogP) is 3.59. The molecule has 0 aliphatic heterocycles. The Bertz CT molecular complexity index is 708. The number of benzene rings is 2. The predicted molar refractivity (Wildman–Crippen MR) is 107 cm³/mol. The monoisotopic (exact) mass is 351 g/mol. The van der Waals surface area contributed by atoms with Crippen LogP contribution in [-0.2, 0) is 11.3 Å². The first-order valence-corrected chi connectivity index (χ1v) is 9.44. The van der Waals surface area contributed by atoms with Crippen LogP contribution in [0.5, 0.6) is 0 Å². The maximum absolute atomic E-state index is 13.0. The van der Waals surface area contributed by atoms with Gasteiger partial charge >= 0.3 is 0 Å². The molecule has 0 spiro atoms. The van der Waals surface area contributed by atoms with E-state index < -0.39 is 0 Å². The van der Waals surface area contributed by atoms with Gasteiger partial charge in [-0.15, -0.1) is 0 Å². The van der Waals surface area contributed by atoms with Crippen LogP contribution in [0, 0.1) is 0 Å². The number of anilines is 1. The highest BCUT2D eigenvalue weighted by Gasteiger charge is 2.31. The highest BCUT2D eigenvalue weighted by molar-refractivity contribution is 5.83. The van der Waals surface area contributed by atoms with Gasteiger partial charge in [-0.05, 0) is 42.6 Å². The first-order chi connectivity index (χ1) is 12.6. The van der Waals surface area contributed by atoms with E-state index in [1.165, 1.54) is 11.3 Å². The third-order valence-electron chi connectivity index (χ3n) is 4.90. The summed E-state index contributed by atoms with van der Waals surface area (Å²) in [4.78, 5) is 17.3. The smallest absolute Gasteiger partial charge is 0.242 e. The molecule has 4 heteroatoms. The molecule has 3 rings (SSSR count). The summed E-state index contributed by atoms with van der Waals surface area (Å²) in [5, 5.41) is 3.19. The Hall–Kier alpha value is -2.33. The number of nitrogens with zero attached hydrogens (tertiary/aromatic N) is 2. The van der Waals surface area contributed by atoms with E-state index >= 15 is 0 Å². The van der Waals surface area contributed by atoms with Crippen molar-refractivity contribution in [1.29, 1.82) is 0 Å². The maximum atomic E-state index is 13.0. The van der Waals surface area contributed by atoms with Gasteiger partial charge < -0.3 is 10.2 Å². The first kappa shape index (κ1) is 18.5. The van der Waals surface area contributed by atoms with Gasteiger partial charge in [-0.2, -0.15) is 0 Å². The van der Waals surface area contributed by atoms with Gasteiger partial charge in [0.1, 0.15) is 6.04 Å². The minimum absolute atomic E-state index is 0.116. The lowest BCUT2D eigenvalue weighted by Crippen LogP contribution is -2.41. The summed E-state index contributed by atoms with van der Waals surface area (Å²) in [5.41, 5.74) is 3.46. The molecule has 138 valence electrons. The maximum Gasteiger partial charge on any atom is 0.242 e. The summed E-state index contributed by atoms with van der Waals surface area (Å²) in [6.07, 6.45) is 2.21. The molecular formula is C22H29N3O. The molecule has 0 bridgehead atoms. The Labute approximate surface area is 156 Å². The molecule has 0 aromatic heterocycles. The van der Waals surface area contributed by atoms with Gasteiger partial charge in [0, 0.05) is 32.4 Å². The topological polar surface area (TPSA) is 35.6 Å². The van der Waals surface area contributed by atoms with Crippen LogP contribution >= 0.6 is 0 Å². The summed E-state index contributed by atoms with van der Waals surface area (Å²) in [5.74, 6) is 0.116. The molecule has 2 aromatic carbocycles. The molecule has 1 N–H and O–H groups in total. The van der Waals surface area contributed by atoms with E-state index in [1.54, 1.807) is 0 Å². The van der Waals surface area contributed by atoms with Crippen LogP contribution in [0.2, 0.25) is 0 Å². The third-order valence-corrected chi connectivity index (χ3v) is 4.90. The quantitative estimate of drug-likeness (QED) is 0.789. The van der Waals surface area contributed by atoms with Crippen molar-refractivity contribution >= 4 is 11.6 Å². The number of carbonyl (C=O) groups is 1. The van der Waals surface area contributed by atoms with Crippen molar-refractivity contribution in [2.45, 2.75) is 38.4 Å². The number of amides is 1. The minimum Gasteiger partial charge on any atom is -0.378 e. The highest BCUT2D eigenvalue weighted by atomic mass is 16.2. The second-order valence-electron chi connectivity index (χ2n) is 7.22. The SMILES string of the molecule is CCN(Cc1ccc(N(C)C)cc1)[C@@H](C(=O)NC1CC1)c1ccccc1.